The highest BCUT2D eigenvalue weighted by Gasteiger charge is 2.13. The highest BCUT2D eigenvalue weighted by Crippen LogP contribution is 2.25. The number of thiocarbonyl (C=S) groups is 1. The smallest absolute Gasteiger partial charge is 0.169 e. The van der Waals surface area contributed by atoms with Crippen molar-refractivity contribution in [3.63, 3.8) is 0 Å². The van der Waals surface area contributed by atoms with Crippen LogP contribution in [0.25, 0.3) is 0 Å². The third kappa shape index (κ3) is 7.24. The molecule has 0 saturated carbocycles. The molecule has 1 N–H and O–H groups in total. The number of aromatic nitrogens is 1. The summed E-state index contributed by atoms with van der Waals surface area (Å²) in [6.07, 6.45) is 2.61. The second-order valence-electron chi connectivity index (χ2n) is 7.28. The molecule has 0 atom stereocenters. The molecule has 6 heteroatoms. The Hall–Kier alpha value is -3.12. The van der Waals surface area contributed by atoms with E-state index in [1.165, 1.54) is 5.56 Å². The van der Waals surface area contributed by atoms with Gasteiger partial charge in [-0.2, -0.15) is 0 Å². The number of hydrogen-bond acceptors (Lipinski definition) is 4. The molecule has 0 fully saturated rings. The Bertz CT molecular complexity index is 926. The van der Waals surface area contributed by atoms with Crippen LogP contribution in [0.4, 0.5) is 0 Å². The first-order valence-corrected chi connectivity index (χ1v) is 11.5. The fraction of sp³-hybridized carbons (Fsp3) is 0.308. The third-order valence-corrected chi connectivity index (χ3v) is 5.31. The van der Waals surface area contributed by atoms with Crippen LogP contribution in [0.15, 0.2) is 72.9 Å². The van der Waals surface area contributed by atoms with E-state index in [1.54, 1.807) is 0 Å². The quantitative estimate of drug-likeness (QED) is 0.416. The average Bonchev–Trinajstić information content (AvgIpc) is 2.82. The fourth-order valence-corrected chi connectivity index (χ4v) is 3.63. The SMILES string of the molecule is CCOc1ccc(CCNC(=S)N(Cc2ccccc2)Cc2ccccn2)c(OCC)c1. The van der Waals surface area contributed by atoms with Crippen molar-refractivity contribution >= 4 is 17.3 Å². The van der Waals surface area contributed by atoms with Gasteiger partial charge >= 0.3 is 0 Å². The molecule has 0 aliphatic rings. The number of hydrogen-bond donors (Lipinski definition) is 1. The van der Waals surface area contributed by atoms with Crippen LogP contribution < -0.4 is 14.8 Å². The molecule has 0 unspecified atom stereocenters. The van der Waals surface area contributed by atoms with Crippen LogP contribution >= 0.6 is 12.2 Å². The molecule has 32 heavy (non-hydrogen) atoms. The second-order valence-corrected chi connectivity index (χ2v) is 7.67. The first kappa shape index (κ1) is 23.5. The van der Waals surface area contributed by atoms with Gasteiger partial charge in [-0.25, -0.2) is 0 Å². The van der Waals surface area contributed by atoms with Crippen molar-refractivity contribution in [3.8, 4) is 11.5 Å². The fourth-order valence-electron chi connectivity index (χ4n) is 3.39. The van der Waals surface area contributed by atoms with Crippen LogP contribution in [0.3, 0.4) is 0 Å². The summed E-state index contributed by atoms with van der Waals surface area (Å²) < 4.78 is 11.4. The van der Waals surface area contributed by atoms with Crippen molar-refractivity contribution in [2.45, 2.75) is 33.4 Å². The molecule has 0 saturated heterocycles. The van der Waals surface area contributed by atoms with Gasteiger partial charge in [0.25, 0.3) is 0 Å². The number of nitrogens with zero attached hydrogens (tertiary/aromatic N) is 2. The molecule has 5 nitrogen and oxygen atoms in total. The molecule has 3 rings (SSSR count). The van der Waals surface area contributed by atoms with E-state index < -0.39 is 0 Å². The lowest BCUT2D eigenvalue weighted by Crippen LogP contribution is -2.39. The summed E-state index contributed by atoms with van der Waals surface area (Å²) in [5.74, 6) is 1.69. The van der Waals surface area contributed by atoms with Gasteiger partial charge in [-0.1, -0.05) is 42.5 Å². The molecule has 0 aliphatic carbocycles. The highest BCUT2D eigenvalue weighted by atomic mass is 32.1. The van der Waals surface area contributed by atoms with Crippen molar-refractivity contribution in [1.82, 2.24) is 15.2 Å². The molecular formula is C26H31N3O2S. The number of pyridine rings is 1. The Morgan fingerprint density at radius 1 is 0.938 bits per heavy atom. The molecule has 0 spiro atoms. The molecule has 0 radical (unpaired) electrons. The Morgan fingerprint density at radius 2 is 1.72 bits per heavy atom. The van der Waals surface area contributed by atoms with Gasteiger partial charge in [0.05, 0.1) is 25.5 Å². The minimum Gasteiger partial charge on any atom is -0.494 e. The first-order valence-electron chi connectivity index (χ1n) is 11.0. The average molecular weight is 450 g/mol. The zero-order chi connectivity index (χ0) is 22.6. The van der Waals surface area contributed by atoms with Gasteiger partial charge in [0.15, 0.2) is 5.11 Å². The minimum atomic E-state index is 0.614. The van der Waals surface area contributed by atoms with Gasteiger partial charge in [0.1, 0.15) is 11.5 Å². The maximum absolute atomic E-state index is 5.83. The summed E-state index contributed by atoms with van der Waals surface area (Å²) in [4.78, 5) is 6.62. The molecule has 0 aliphatic heterocycles. The molecule has 1 aromatic heterocycles. The summed E-state index contributed by atoms with van der Waals surface area (Å²) in [6, 6.07) is 22.3. The lowest BCUT2D eigenvalue weighted by atomic mass is 10.1. The van der Waals surface area contributed by atoms with E-state index in [2.05, 4.69) is 33.4 Å². The van der Waals surface area contributed by atoms with E-state index in [4.69, 9.17) is 21.7 Å². The van der Waals surface area contributed by atoms with Gasteiger partial charge < -0.3 is 19.7 Å². The Morgan fingerprint density at radius 3 is 2.44 bits per heavy atom. The zero-order valence-corrected chi connectivity index (χ0v) is 19.6. The van der Waals surface area contributed by atoms with E-state index in [-0.39, 0.29) is 0 Å². The van der Waals surface area contributed by atoms with Crippen LogP contribution in [-0.2, 0) is 19.5 Å². The molecule has 1 heterocycles. The van der Waals surface area contributed by atoms with Crippen LogP contribution in [0.5, 0.6) is 11.5 Å². The first-order chi connectivity index (χ1) is 15.7. The van der Waals surface area contributed by atoms with Crippen LogP contribution in [0.2, 0.25) is 0 Å². The van der Waals surface area contributed by atoms with Gasteiger partial charge in [-0.05, 0) is 61.8 Å². The van der Waals surface area contributed by atoms with Crippen LogP contribution in [0, 0.1) is 0 Å². The Balaban J connectivity index is 1.64. The van der Waals surface area contributed by atoms with Crippen molar-refractivity contribution in [3.05, 3.63) is 89.7 Å². The second kappa shape index (κ2) is 12.7. The molecule has 3 aromatic rings. The molecule has 0 bridgehead atoms. The molecule has 168 valence electrons. The Kier molecular flexibility index (Phi) is 9.32. The van der Waals surface area contributed by atoms with Crippen molar-refractivity contribution in [2.24, 2.45) is 0 Å². The largest absolute Gasteiger partial charge is 0.494 e. The van der Waals surface area contributed by atoms with E-state index in [0.29, 0.717) is 31.4 Å². The van der Waals surface area contributed by atoms with E-state index in [9.17, 15) is 0 Å². The van der Waals surface area contributed by atoms with Crippen molar-refractivity contribution in [1.29, 1.82) is 0 Å². The third-order valence-electron chi connectivity index (χ3n) is 4.90. The van der Waals surface area contributed by atoms with Crippen LogP contribution in [0.1, 0.15) is 30.7 Å². The number of ether oxygens (including phenoxy) is 2. The standard InChI is InChI=1S/C26H31N3O2S/c1-3-30-24-14-13-22(25(18-24)31-4-2)15-17-28-26(32)29(19-21-10-6-5-7-11-21)20-23-12-8-9-16-27-23/h5-14,16,18H,3-4,15,17,19-20H2,1-2H3,(H,28,32). The van der Waals surface area contributed by atoms with Crippen molar-refractivity contribution < 1.29 is 9.47 Å². The maximum atomic E-state index is 5.83. The maximum Gasteiger partial charge on any atom is 0.169 e. The number of benzene rings is 2. The van der Waals surface area contributed by atoms with Gasteiger partial charge in [0, 0.05) is 25.4 Å². The number of rotatable bonds is 11. The predicted molar refractivity (Wildman–Crippen MR) is 133 cm³/mol. The topological polar surface area (TPSA) is 46.6 Å². The summed E-state index contributed by atoms with van der Waals surface area (Å²) in [6.45, 7) is 7.29. The van der Waals surface area contributed by atoms with Gasteiger partial charge in [0.2, 0.25) is 0 Å². The summed E-state index contributed by atoms with van der Waals surface area (Å²) >= 11 is 5.76. The predicted octanol–water partition coefficient (Wildman–Crippen LogP) is 5.00. The molecule has 0 amide bonds. The lowest BCUT2D eigenvalue weighted by Gasteiger charge is -2.26. The summed E-state index contributed by atoms with van der Waals surface area (Å²) in [5, 5.41) is 4.14. The monoisotopic (exact) mass is 449 g/mol. The van der Waals surface area contributed by atoms with Crippen LogP contribution in [-0.4, -0.2) is 34.8 Å². The van der Waals surface area contributed by atoms with Crippen molar-refractivity contribution in [2.75, 3.05) is 19.8 Å². The molecular weight excluding hydrogens is 418 g/mol. The summed E-state index contributed by atoms with van der Waals surface area (Å²) in [7, 11) is 0. The van der Waals surface area contributed by atoms with E-state index in [1.807, 2.05) is 68.6 Å². The normalized spacial score (nSPS) is 10.4. The minimum absolute atomic E-state index is 0.614. The van der Waals surface area contributed by atoms with E-state index in [0.717, 1.165) is 35.7 Å². The zero-order valence-electron chi connectivity index (χ0n) is 18.8. The lowest BCUT2D eigenvalue weighted by molar-refractivity contribution is 0.320. The molecule has 2 aromatic carbocycles. The van der Waals surface area contributed by atoms with E-state index >= 15 is 0 Å². The highest BCUT2D eigenvalue weighted by molar-refractivity contribution is 7.80. The summed E-state index contributed by atoms with van der Waals surface area (Å²) in [5.41, 5.74) is 3.32. The number of nitrogens with one attached hydrogen (secondary N) is 1. The Labute approximate surface area is 196 Å². The van der Waals surface area contributed by atoms with Gasteiger partial charge in [-0.3, -0.25) is 4.98 Å². The van der Waals surface area contributed by atoms with Gasteiger partial charge in [-0.15, -0.1) is 0 Å².